The quantitative estimate of drug-likeness (QED) is 0.215. The minimum absolute atomic E-state index is 0.0687. The molecule has 0 saturated heterocycles. The Bertz CT molecular complexity index is 1770. The van der Waals surface area contributed by atoms with E-state index in [1.165, 1.54) is 37.3 Å². The minimum atomic E-state index is -2.75. The molecule has 284 valence electrons. The number of hydrogen-bond donors (Lipinski definition) is 2. The van der Waals surface area contributed by atoms with Crippen molar-refractivity contribution in [1.29, 1.82) is 0 Å². The third-order valence-corrected chi connectivity index (χ3v) is 11.4. The summed E-state index contributed by atoms with van der Waals surface area (Å²) < 4.78 is 30.0. The molecule has 0 radical (unpaired) electrons. The number of Topliss-reactive ketones (excluding diaryl/α,β-unsaturated/α-hetero) is 1. The number of ketones is 1. The highest BCUT2D eigenvalue weighted by Gasteiger charge is 2.80. The maximum atomic E-state index is 14.7. The van der Waals surface area contributed by atoms with Crippen LogP contribution in [-0.2, 0) is 42.9 Å². The van der Waals surface area contributed by atoms with Crippen LogP contribution in [0.15, 0.2) is 73.3 Å². The van der Waals surface area contributed by atoms with Gasteiger partial charge in [0.1, 0.15) is 18.8 Å². The van der Waals surface area contributed by atoms with Crippen LogP contribution in [0.2, 0.25) is 0 Å². The Balaban J connectivity index is 1.87. The molecule has 3 fully saturated rings. The maximum absolute atomic E-state index is 14.7. The van der Waals surface area contributed by atoms with E-state index in [4.69, 9.17) is 23.7 Å². The Morgan fingerprint density at radius 1 is 0.792 bits per heavy atom. The summed E-state index contributed by atoms with van der Waals surface area (Å²) >= 11 is 0. The molecule has 3 aliphatic rings. The van der Waals surface area contributed by atoms with E-state index >= 15 is 0 Å². The average Bonchev–Trinajstić information content (AvgIpc) is 3.11. The third-order valence-electron chi connectivity index (χ3n) is 11.4. The molecule has 2 N–H and O–H groups in total. The molecule has 53 heavy (non-hydrogen) atoms. The molecule has 3 aliphatic carbocycles. The number of esters is 5. The second-order valence-electron chi connectivity index (χ2n) is 15.1. The van der Waals surface area contributed by atoms with Gasteiger partial charge in [0, 0.05) is 38.5 Å². The second-order valence-corrected chi connectivity index (χ2v) is 15.1. The number of ether oxygens (including phenoxy) is 5. The smallest absolute Gasteiger partial charge is 0.338 e. The van der Waals surface area contributed by atoms with Crippen LogP contribution in [-0.4, -0.2) is 88.6 Å². The summed E-state index contributed by atoms with van der Waals surface area (Å²) in [4.78, 5) is 81.0. The van der Waals surface area contributed by atoms with Crippen molar-refractivity contribution < 1.29 is 62.7 Å². The monoisotopic (exact) mass is 734 g/mol. The fourth-order valence-corrected chi connectivity index (χ4v) is 9.13. The molecular formula is C40H46O13. The number of allylic oxidation sites excluding steroid dienone is 1. The van der Waals surface area contributed by atoms with Crippen LogP contribution in [0, 0.1) is 28.1 Å². The van der Waals surface area contributed by atoms with Crippen molar-refractivity contribution in [3.63, 3.8) is 0 Å². The third kappa shape index (κ3) is 6.76. The fourth-order valence-electron chi connectivity index (χ4n) is 9.13. The molecule has 0 heterocycles. The van der Waals surface area contributed by atoms with Gasteiger partial charge in [0.05, 0.1) is 28.1 Å². The summed E-state index contributed by atoms with van der Waals surface area (Å²) in [5, 5.41) is 25.0. The summed E-state index contributed by atoms with van der Waals surface area (Å²) in [6, 6.07) is 15.8. The van der Waals surface area contributed by atoms with Crippen LogP contribution >= 0.6 is 0 Å². The van der Waals surface area contributed by atoms with E-state index in [9.17, 15) is 39.0 Å². The van der Waals surface area contributed by atoms with E-state index in [2.05, 4.69) is 6.58 Å². The zero-order valence-corrected chi connectivity index (χ0v) is 30.6. The van der Waals surface area contributed by atoms with Gasteiger partial charge in [-0.3, -0.25) is 19.2 Å². The van der Waals surface area contributed by atoms with Gasteiger partial charge in [-0.25, -0.2) is 9.59 Å². The lowest BCUT2D eigenvalue weighted by Gasteiger charge is -2.69. The summed E-state index contributed by atoms with van der Waals surface area (Å²) in [6.07, 6.45) is -7.33. The van der Waals surface area contributed by atoms with Crippen LogP contribution in [0.3, 0.4) is 0 Å². The van der Waals surface area contributed by atoms with Crippen LogP contribution in [0.1, 0.15) is 75.1 Å². The van der Waals surface area contributed by atoms with E-state index in [1.54, 1.807) is 50.2 Å². The van der Waals surface area contributed by atoms with Gasteiger partial charge in [-0.1, -0.05) is 56.3 Å². The van der Waals surface area contributed by atoms with Gasteiger partial charge in [-0.2, -0.15) is 0 Å². The predicted octanol–water partition coefficient (Wildman–Crippen LogP) is 3.78. The Kier molecular flexibility index (Phi) is 10.8. The number of hydrogen-bond acceptors (Lipinski definition) is 13. The lowest BCUT2D eigenvalue weighted by molar-refractivity contribution is -0.325. The fraction of sp³-hybridized carbons (Fsp3) is 0.500. The van der Waals surface area contributed by atoms with Crippen LogP contribution < -0.4 is 0 Å². The Morgan fingerprint density at radius 2 is 1.32 bits per heavy atom. The van der Waals surface area contributed by atoms with Crippen LogP contribution in [0.25, 0.3) is 0 Å². The molecule has 0 amide bonds. The molecular weight excluding hydrogens is 688 g/mol. The van der Waals surface area contributed by atoms with Gasteiger partial charge in [0.25, 0.3) is 0 Å². The van der Waals surface area contributed by atoms with Crippen molar-refractivity contribution in [2.75, 3.05) is 6.61 Å². The van der Waals surface area contributed by atoms with Gasteiger partial charge >= 0.3 is 29.8 Å². The minimum Gasteiger partial charge on any atom is -0.465 e. The number of carbonyl (C=O) groups excluding carboxylic acids is 6. The maximum Gasteiger partial charge on any atom is 0.338 e. The van der Waals surface area contributed by atoms with E-state index in [1.807, 2.05) is 0 Å². The van der Waals surface area contributed by atoms with E-state index < -0.39 is 106 Å². The normalized spacial score (nSPS) is 34.3. The molecule has 0 bridgehead atoms. The Morgan fingerprint density at radius 3 is 1.81 bits per heavy atom. The van der Waals surface area contributed by atoms with Crippen LogP contribution in [0.4, 0.5) is 0 Å². The molecule has 13 heteroatoms. The molecule has 3 unspecified atom stereocenters. The lowest BCUT2D eigenvalue weighted by Crippen LogP contribution is -2.82. The predicted molar refractivity (Wildman–Crippen MR) is 186 cm³/mol. The molecule has 2 aromatic carbocycles. The second kappa shape index (κ2) is 14.5. The first-order valence-corrected chi connectivity index (χ1v) is 17.4. The van der Waals surface area contributed by atoms with Crippen molar-refractivity contribution in [2.45, 2.75) is 90.5 Å². The summed E-state index contributed by atoms with van der Waals surface area (Å²) in [6.45, 7) is 11.4. The van der Waals surface area contributed by atoms with Gasteiger partial charge in [-0.15, -0.1) is 6.58 Å². The molecule has 5 rings (SSSR count). The van der Waals surface area contributed by atoms with E-state index in [0.29, 0.717) is 0 Å². The van der Waals surface area contributed by atoms with Gasteiger partial charge in [0.2, 0.25) is 0 Å². The number of rotatable bonds is 9. The Hall–Kier alpha value is -4.88. The first-order chi connectivity index (χ1) is 24.8. The SMILES string of the molecule is C=C[C@@]1(C)CC(OC(=O)c2ccccc2)C2[C@]3(COC(C)=O)C(C[C@@H](O)[C@@]2(O)C1=O)C(C)(C)[C@H](OC(C)=O)[C@H](OC(C)=O)[C@@H]3OC(=O)c1ccccc1. The average molecular weight is 735 g/mol. The number of aliphatic hydroxyl groups is 2. The van der Waals surface area contributed by atoms with Crippen molar-refractivity contribution in [3.8, 4) is 0 Å². The highest BCUT2D eigenvalue weighted by atomic mass is 16.6. The Labute approximate surface area is 307 Å². The molecule has 0 aliphatic heterocycles. The summed E-state index contributed by atoms with van der Waals surface area (Å²) in [7, 11) is 0. The van der Waals surface area contributed by atoms with Gasteiger partial charge in [0.15, 0.2) is 23.6 Å². The largest absolute Gasteiger partial charge is 0.465 e. The zero-order valence-electron chi connectivity index (χ0n) is 30.6. The number of aliphatic hydroxyl groups excluding tert-OH is 1. The first kappa shape index (κ1) is 39.3. The number of carbonyl (C=O) groups is 6. The highest BCUT2D eigenvalue weighted by molar-refractivity contribution is 5.96. The molecule has 0 spiro atoms. The standard InChI is InChI=1S/C40H46O13/c1-8-38(7)20-27(52-34(45)25-15-11-9-12-16-25)31-39(21-49-22(2)41)28(19-29(44)40(31,48)36(38)47)37(5,6)32(51-24(4)43)30(50-23(3)42)33(39)53-35(46)26-17-13-10-14-18-26/h8-18,27-33,44,48H,1,19-21H2,2-7H3/t27?,28?,29-,30+,31?,32-,33+,38+,39+,40+/m1/s1. The molecule has 3 saturated carbocycles. The lowest BCUT2D eigenvalue weighted by atomic mass is 9.38. The van der Waals surface area contributed by atoms with Gasteiger partial charge in [-0.05, 0) is 43.5 Å². The van der Waals surface area contributed by atoms with Crippen LogP contribution in [0.5, 0.6) is 0 Å². The molecule has 0 aromatic heterocycles. The van der Waals surface area contributed by atoms with Crippen molar-refractivity contribution >= 4 is 35.6 Å². The molecule has 13 nitrogen and oxygen atoms in total. The number of benzene rings is 2. The highest BCUT2D eigenvalue weighted by Crippen LogP contribution is 2.67. The molecule has 2 aromatic rings. The number of fused-ring (bicyclic) bond motifs is 3. The van der Waals surface area contributed by atoms with E-state index in [-0.39, 0.29) is 24.0 Å². The zero-order chi connectivity index (χ0) is 39.1. The summed E-state index contributed by atoms with van der Waals surface area (Å²) in [5.41, 5.74) is -7.40. The van der Waals surface area contributed by atoms with Crippen molar-refractivity contribution in [3.05, 3.63) is 84.4 Å². The first-order valence-electron chi connectivity index (χ1n) is 17.4. The van der Waals surface area contributed by atoms with Crippen molar-refractivity contribution in [1.82, 2.24) is 0 Å². The van der Waals surface area contributed by atoms with Crippen molar-refractivity contribution in [2.24, 2.45) is 28.1 Å². The topological polar surface area (TPSA) is 189 Å². The van der Waals surface area contributed by atoms with E-state index in [0.717, 1.165) is 20.8 Å². The van der Waals surface area contributed by atoms with Gasteiger partial charge < -0.3 is 33.9 Å². The summed E-state index contributed by atoms with van der Waals surface area (Å²) in [5.74, 6) is -7.76. The molecule has 10 atom stereocenters.